The van der Waals surface area contributed by atoms with Gasteiger partial charge in [-0.25, -0.2) is 8.42 Å². The van der Waals surface area contributed by atoms with E-state index in [1.54, 1.807) is 0 Å². The van der Waals surface area contributed by atoms with Crippen LogP contribution in [0.25, 0.3) is 0 Å². The monoisotopic (exact) mass is 440 g/mol. The zero-order valence-corrected chi connectivity index (χ0v) is 19.6. The lowest BCUT2D eigenvalue weighted by molar-refractivity contribution is 0.312. The SMILES string of the molecule is CCC[C@@H]1CCc2ccc(OCCCS(=O)(=O)CC3CC3)cc2[C@@H]1Cc1ccccc1. The molecule has 4 heteroatoms. The molecule has 0 spiro atoms. The predicted molar refractivity (Wildman–Crippen MR) is 128 cm³/mol. The Labute approximate surface area is 188 Å². The Morgan fingerprint density at radius 1 is 1.03 bits per heavy atom. The Morgan fingerprint density at radius 3 is 2.58 bits per heavy atom. The number of ether oxygens (including phenoxy) is 1. The van der Waals surface area contributed by atoms with E-state index in [1.165, 1.54) is 36.0 Å². The number of fused-ring (bicyclic) bond motifs is 1. The molecule has 0 bridgehead atoms. The lowest BCUT2D eigenvalue weighted by Crippen LogP contribution is -2.23. The Hall–Kier alpha value is -1.81. The summed E-state index contributed by atoms with van der Waals surface area (Å²) in [5, 5.41) is 0. The highest BCUT2D eigenvalue weighted by atomic mass is 32.2. The Balaban J connectivity index is 1.42. The van der Waals surface area contributed by atoms with Gasteiger partial charge in [0.2, 0.25) is 0 Å². The van der Waals surface area contributed by atoms with Gasteiger partial charge in [-0.3, -0.25) is 0 Å². The molecule has 0 saturated heterocycles. The van der Waals surface area contributed by atoms with Crippen molar-refractivity contribution in [2.75, 3.05) is 18.1 Å². The maximum atomic E-state index is 12.1. The van der Waals surface area contributed by atoms with Crippen molar-refractivity contribution in [3.05, 3.63) is 65.2 Å². The molecular formula is C27H36O3S. The molecule has 4 rings (SSSR count). The summed E-state index contributed by atoms with van der Waals surface area (Å²) in [7, 11) is -2.92. The highest BCUT2D eigenvalue weighted by molar-refractivity contribution is 7.91. The van der Waals surface area contributed by atoms with Crippen molar-refractivity contribution < 1.29 is 13.2 Å². The number of aryl methyl sites for hydroxylation is 1. The van der Waals surface area contributed by atoms with Crippen molar-refractivity contribution in [2.45, 2.75) is 64.2 Å². The smallest absolute Gasteiger partial charge is 0.150 e. The molecule has 0 N–H and O–H groups in total. The zero-order chi connectivity index (χ0) is 21.7. The lowest BCUT2D eigenvalue weighted by Gasteiger charge is -2.34. The van der Waals surface area contributed by atoms with E-state index in [0.29, 0.717) is 36.5 Å². The third-order valence-electron chi connectivity index (χ3n) is 6.88. The van der Waals surface area contributed by atoms with Crippen molar-refractivity contribution in [1.82, 2.24) is 0 Å². The molecule has 1 saturated carbocycles. The van der Waals surface area contributed by atoms with Gasteiger partial charge in [-0.05, 0) is 85.1 Å². The van der Waals surface area contributed by atoms with Crippen LogP contribution >= 0.6 is 0 Å². The molecule has 2 aromatic rings. The topological polar surface area (TPSA) is 43.4 Å². The van der Waals surface area contributed by atoms with E-state index in [2.05, 4.69) is 55.5 Å². The molecule has 0 aliphatic heterocycles. The van der Waals surface area contributed by atoms with E-state index >= 15 is 0 Å². The summed E-state index contributed by atoms with van der Waals surface area (Å²) in [6.07, 6.45) is 8.68. The lowest BCUT2D eigenvalue weighted by atomic mass is 9.71. The molecule has 0 heterocycles. The Morgan fingerprint density at radius 2 is 1.84 bits per heavy atom. The van der Waals surface area contributed by atoms with Crippen LogP contribution in [-0.2, 0) is 22.7 Å². The summed E-state index contributed by atoms with van der Waals surface area (Å²) in [6, 6.07) is 17.4. The normalized spacial score (nSPS) is 20.9. The second kappa shape index (κ2) is 10.2. The molecular weight excluding hydrogens is 404 g/mol. The molecule has 2 atom stereocenters. The summed E-state index contributed by atoms with van der Waals surface area (Å²) in [5.41, 5.74) is 4.29. The van der Waals surface area contributed by atoms with Crippen molar-refractivity contribution >= 4 is 9.84 Å². The number of rotatable bonds is 11. The van der Waals surface area contributed by atoms with Gasteiger partial charge in [-0.15, -0.1) is 0 Å². The molecule has 2 aromatic carbocycles. The number of hydrogen-bond acceptors (Lipinski definition) is 3. The van der Waals surface area contributed by atoms with E-state index in [9.17, 15) is 8.42 Å². The van der Waals surface area contributed by atoms with Gasteiger partial charge in [0.1, 0.15) is 5.75 Å². The van der Waals surface area contributed by atoms with Crippen LogP contribution in [0, 0.1) is 11.8 Å². The van der Waals surface area contributed by atoms with Crippen LogP contribution in [0.3, 0.4) is 0 Å². The highest BCUT2D eigenvalue weighted by Gasteiger charge is 2.30. The minimum absolute atomic E-state index is 0.240. The predicted octanol–water partition coefficient (Wildman–Crippen LogP) is 5.97. The largest absolute Gasteiger partial charge is 0.494 e. The van der Waals surface area contributed by atoms with Gasteiger partial charge < -0.3 is 4.74 Å². The van der Waals surface area contributed by atoms with Gasteiger partial charge in [-0.2, -0.15) is 0 Å². The van der Waals surface area contributed by atoms with Gasteiger partial charge in [-0.1, -0.05) is 56.2 Å². The number of sulfone groups is 1. The minimum Gasteiger partial charge on any atom is -0.494 e. The third kappa shape index (κ3) is 6.35. The van der Waals surface area contributed by atoms with Gasteiger partial charge in [0, 0.05) is 0 Å². The molecule has 31 heavy (non-hydrogen) atoms. The fourth-order valence-electron chi connectivity index (χ4n) is 5.09. The van der Waals surface area contributed by atoms with Crippen molar-refractivity contribution in [3.63, 3.8) is 0 Å². The second-order valence-corrected chi connectivity index (χ2v) is 11.7. The van der Waals surface area contributed by atoms with Crippen LogP contribution < -0.4 is 4.74 Å². The quantitative estimate of drug-likeness (QED) is 0.404. The van der Waals surface area contributed by atoms with Gasteiger partial charge >= 0.3 is 0 Å². The molecule has 0 unspecified atom stereocenters. The Kier molecular flexibility index (Phi) is 7.37. The van der Waals surface area contributed by atoms with Crippen LogP contribution in [0.1, 0.15) is 68.1 Å². The second-order valence-electron chi connectivity index (χ2n) is 9.50. The number of benzene rings is 2. The summed E-state index contributed by atoms with van der Waals surface area (Å²) < 4.78 is 30.3. The average molecular weight is 441 g/mol. The molecule has 168 valence electrons. The standard InChI is InChI=1S/C27H36O3S/c1-2-7-23-12-13-24-14-15-25(30-16-6-17-31(28,29)20-22-10-11-22)19-27(24)26(23)18-21-8-4-3-5-9-21/h3-5,8-9,14-15,19,22-23,26H,2,6-7,10-13,16-18,20H2,1H3/t23-,26-/m1/s1. The van der Waals surface area contributed by atoms with Crippen LogP contribution in [0.15, 0.2) is 48.5 Å². The minimum atomic E-state index is -2.92. The van der Waals surface area contributed by atoms with Gasteiger partial charge in [0.15, 0.2) is 9.84 Å². The van der Waals surface area contributed by atoms with E-state index in [0.717, 1.165) is 31.4 Å². The van der Waals surface area contributed by atoms with Gasteiger partial charge in [0.25, 0.3) is 0 Å². The summed E-state index contributed by atoms with van der Waals surface area (Å²) in [4.78, 5) is 0. The summed E-state index contributed by atoms with van der Waals surface area (Å²) in [6.45, 7) is 2.75. The first-order valence-corrected chi connectivity index (χ1v) is 13.9. The summed E-state index contributed by atoms with van der Waals surface area (Å²) in [5.74, 6) is 3.14. The molecule has 3 nitrogen and oxygen atoms in total. The van der Waals surface area contributed by atoms with Crippen molar-refractivity contribution in [2.24, 2.45) is 11.8 Å². The fraction of sp³-hybridized carbons (Fsp3) is 0.556. The molecule has 1 fully saturated rings. The molecule has 2 aliphatic carbocycles. The van der Waals surface area contributed by atoms with Crippen LogP contribution in [-0.4, -0.2) is 26.5 Å². The van der Waals surface area contributed by atoms with Crippen LogP contribution in [0.5, 0.6) is 5.75 Å². The molecule has 2 aliphatic rings. The number of hydrogen-bond donors (Lipinski definition) is 0. The first-order valence-electron chi connectivity index (χ1n) is 12.0. The maximum Gasteiger partial charge on any atom is 0.150 e. The van der Waals surface area contributed by atoms with E-state index in [1.807, 2.05) is 0 Å². The molecule has 0 radical (unpaired) electrons. The first kappa shape index (κ1) is 22.4. The maximum absolute atomic E-state index is 12.1. The summed E-state index contributed by atoms with van der Waals surface area (Å²) >= 11 is 0. The molecule has 0 amide bonds. The van der Waals surface area contributed by atoms with Crippen LogP contribution in [0.4, 0.5) is 0 Å². The van der Waals surface area contributed by atoms with E-state index in [4.69, 9.17) is 4.74 Å². The van der Waals surface area contributed by atoms with Crippen LogP contribution in [0.2, 0.25) is 0 Å². The highest BCUT2D eigenvalue weighted by Crippen LogP contribution is 2.42. The molecule has 0 aromatic heterocycles. The van der Waals surface area contributed by atoms with Gasteiger partial charge in [0.05, 0.1) is 18.1 Å². The van der Waals surface area contributed by atoms with E-state index in [-0.39, 0.29) is 5.75 Å². The average Bonchev–Trinajstić information content (AvgIpc) is 3.57. The zero-order valence-electron chi connectivity index (χ0n) is 18.8. The van der Waals surface area contributed by atoms with Crippen molar-refractivity contribution in [3.8, 4) is 5.75 Å². The Bertz CT molecular complexity index is 948. The van der Waals surface area contributed by atoms with E-state index < -0.39 is 9.84 Å². The first-order chi connectivity index (χ1) is 15.0. The third-order valence-corrected chi connectivity index (χ3v) is 8.77. The fourth-order valence-corrected chi connectivity index (χ4v) is 6.86. The van der Waals surface area contributed by atoms with Crippen molar-refractivity contribution in [1.29, 1.82) is 0 Å².